The van der Waals surface area contributed by atoms with Gasteiger partial charge in [-0.05, 0) is 31.9 Å². The normalized spacial score (nSPS) is 22.0. The molecule has 21 heavy (non-hydrogen) atoms. The molecule has 0 spiro atoms. The fourth-order valence-corrected chi connectivity index (χ4v) is 2.36. The van der Waals surface area contributed by atoms with E-state index in [-0.39, 0.29) is 13.0 Å². The van der Waals surface area contributed by atoms with E-state index in [4.69, 9.17) is 4.74 Å². The highest BCUT2D eigenvalue weighted by Crippen LogP contribution is 2.25. The van der Waals surface area contributed by atoms with Gasteiger partial charge in [0.15, 0.2) is 5.60 Å². The smallest absolute Gasteiger partial charge is 0.410 e. The number of hydrogen-bond acceptors (Lipinski definition) is 4. The maximum Gasteiger partial charge on any atom is 0.410 e. The van der Waals surface area contributed by atoms with Gasteiger partial charge in [0, 0.05) is 13.0 Å². The number of nitriles is 1. The second-order valence-corrected chi connectivity index (χ2v) is 6.43. The Labute approximate surface area is 124 Å². The van der Waals surface area contributed by atoms with Crippen molar-refractivity contribution >= 4 is 6.09 Å². The summed E-state index contributed by atoms with van der Waals surface area (Å²) in [6.07, 6.45) is -0.313. The summed E-state index contributed by atoms with van der Waals surface area (Å²) in [6.45, 7) is 5.62. The number of carbonyl (C=O) groups excluding carboxylic acids is 1. The molecule has 0 radical (unpaired) electrons. The number of rotatable bonds is 0. The summed E-state index contributed by atoms with van der Waals surface area (Å²) in [5.41, 5.74) is -0.404. The van der Waals surface area contributed by atoms with E-state index in [0.717, 1.165) is 11.1 Å². The van der Waals surface area contributed by atoms with Crippen molar-refractivity contribution in [3.8, 4) is 6.07 Å². The molecular formula is C16H20N2O3. The van der Waals surface area contributed by atoms with Gasteiger partial charge in [-0.2, -0.15) is 5.26 Å². The largest absolute Gasteiger partial charge is 0.444 e. The van der Waals surface area contributed by atoms with Crippen LogP contribution in [0.25, 0.3) is 0 Å². The fourth-order valence-electron chi connectivity index (χ4n) is 2.36. The molecular weight excluding hydrogens is 268 g/mol. The molecule has 1 aromatic rings. The van der Waals surface area contributed by atoms with Crippen molar-refractivity contribution < 1.29 is 14.6 Å². The number of fused-ring (bicyclic) bond motifs is 1. The zero-order valence-electron chi connectivity index (χ0n) is 12.6. The van der Waals surface area contributed by atoms with E-state index < -0.39 is 17.3 Å². The summed E-state index contributed by atoms with van der Waals surface area (Å²) in [5.74, 6) is 0. The minimum atomic E-state index is -1.59. The summed E-state index contributed by atoms with van der Waals surface area (Å²) in [7, 11) is 0. The highest BCUT2D eigenvalue weighted by Gasteiger charge is 2.37. The zero-order valence-corrected chi connectivity index (χ0v) is 12.6. The third kappa shape index (κ3) is 3.73. The van der Waals surface area contributed by atoms with Gasteiger partial charge in [0.1, 0.15) is 5.60 Å². The molecule has 1 amide bonds. The molecule has 1 aromatic carbocycles. The van der Waals surface area contributed by atoms with Crippen LogP contribution in [0.3, 0.4) is 0 Å². The molecule has 0 fully saturated rings. The molecule has 0 aliphatic carbocycles. The Kier molecular flexibility index (Phi) is 3.93. The highest BCUT2D eigenvalue weighted by molar-refractivity contribution is 5.68. The first-order chi connectivity index (χ1) is 9.72. The Balaban J connectivity index is 2.32. The maximum atomic E-state index is 12.3. The molecule has 2 rings (SSSR count). The standard InChI is InChI=1S/C16H20N2O3/c1-15(2,3)21-14(19)18-9-13-7-5-4-6-12(13)8-16(20,10-17)11-18/h4-7,20H,8-9,11H2,1-3H3. The van der Waals surface area contributed by atoms with Crippen LogP contribution in [0, 0.1) is 11.3 Å². The van der Waals surface area contributed by atoms with Crippen molar-refractivity contribution in [2.24, 2.45) is 0 Å². The number of hydrogen-bond donors (Lipinski definition) is 1. The number of aliphatic hydroxyl groups is 1. The number of nitrogens with zero attached hydrogens (tertiary/aromatic N) is 2. The summed E-state index contributed by atoms with van der Waals surface area (Å²) in [6, 6.07) is 9.42. The highest BCUT2D eigenvalue weighted by atomic mass is 16.6. The summed E-state index contributed by atoms with van der Waals surface area (Å²) >= 11 is 0. The van der Waals surface area contributed by atoms with Crippen LogP contribution in [-0.4, -0.2) is 33.8 Å². The number of ether oxygens (including phenoxy) is 1. The van der Waals surface area contributed by atoms with Crippen molar-refractivity contribution in [3.05, 3.63) is 35.4 Å². The number of benzene rings is 1. The van der Waals surface area contributed by atoms with Gasteiger partial charge in [-0.15, -0.1) is 0 Å². The quantitative estimate of drug-likeness (QED) is 0.743. The molecule has 1 aliphatic rings. The van der Waals surface area contributed by atoms with E-state index in [1.54, 1.807) is 20.8 Å². The summed E-state index contributed by atoms with van der Waals surface area (Å²) in [5, 5.41) is 19.7. The molecule has 0 aromatic heterocycles. The molecule has 5 nitrogen and oxygen atoms in total. The van der Waals surface area contributed by atoms with Crippen molar-refractivity contribution in [2.45, 2.75) is 44.9 Å². The lowest BCUT2D eigenvalue weighted by molar-refractivity contribution is 0.00293. The molecule has 112 valence electrons. The van der Waals surface area contributed by atoms with Crippen LogP contribution in [0.5, 0.6) is 0 Å². The predicted molar refractivity (Wildman–Crippen MR) is 77.4 cm³/mol. The molecule has 5 heteroatoms. The van der Waals surface area contributed by atoms with E-state index in [1.807, 2.05) is 30.3 Å². The van der Waals surface area contributed by atoms with Gasteiger partial charge in [0.2, 0.25) is 0 Å². The Bertz CT molecular complexity index is 586. The first-order valence-corrected chi connectivity index (χ1v) is 6.91. The number of carbonyl (C=O) groups is 1. The van der Waals surface area contributed by atoms with Crippen LogP contribution in [0.4, 0.5) is 4.79 Å². The second kappa shape index (κ2) is 5.38. The monoisotopic (exact) mass is 288 g/mol. The van der Waals surface area contributed by atoms with Gasteiger partial charge in [0.05, 0.1) is 12.6 Å². The van der Waals surface area contributed by atoms with Gasteiger partial charge >= 0.3 is 6.09 Å². The number of amides is 1. The Morgan fingerprint density at radius 3 is 2.57 bits per heavy atom. The average molecular weight is 288 g/mol. The van der Waals surface area contributed by atoms with Gasteiger partial charge in [0.25, 0.3) is 0 Å². The van der Waals surface area contributed by atoms with Crippen molar-refractivity contribution in [2.75, 3.05) is 6.54 Å². The van der Waals surface area contributed by atoms with Crippen LogP contribution in [-0.2, 0) is 17.7 Å². The van der Waals surface area contributed by atoms with Crippen LogP contribution < -0.4 is 0 Å². The molecule has 1 aliphatic heterocycles. The van der Waals surface area contributed by atoms with Crippen LogP contribution in [0.1, 0.15) is 31.9 Å². The first-order valence-electron chi connectivity index (χ1n) is 6.91. The molecule has 1 heterocycles. The topological polar surface area (TPSA) is 73.6 Å². The Morgan fingerprint density at radius 1 is 1.38 bits per heavy atom. The molecule has 1 unspecified atom stereocenters. The van der Waals surface area contributed by atoms with Crippen molar-refractivity contribution in [1.29, 1.82) is 5.26 Å². The fraction of sp³-hybridized carbons (Fsp3) is 0.500. The Hall–Kier alpha value is -2.06. The first kappa shape index (κ1) is 15.3. The van der Waals surface area contributed by atoms with Gasteiger partial charge < -0.3 is 9.84 Å². The van der Waals surface area contributed by atoms with Gasteiger partial charge in [-0.25, -0.2) is 4.79 Å². The summed E-state index contributed by atoms with van der Waals surface area (Å²) < 4.78 is 5.35. The minimum absolute atomic E-state index is 0.0624. The maximum absolute atomic E-state index is 12.3. The molecule has 1 atom stereocenters. The Morgan fingerprint density at radius 2 is 2.00 bits per heavy atom. The van der Waals surface area contributed by atoms with E-state index >= 15 is 0 Å². The SMILES string of the molecule is CC(C)(C)OC(=O)N1Cc2ccccc2CC(O)(C#N)C1. The molecule has 0 bridgehead atoms. The third-order valence-corrected chi connectivity index (χ3v) is 3.27. The van der Waals surface area contributed by atoms with E-state index in [2.05, 4.69) is 0 Å². The van der Waals surface area contributed by atoms with Gasteiger partial charge in [-0.1, -0.05) is 24.3 Å². The lowest BCUT2D eigenvalue weighted by atomic mass is 9.95. The average Bonchev–Trinajstić information content (AvgIpc) is 2.53. The van der Waals surface area contributed by atoms with Crippen molar-refractivity contribution in [3.63, 3.8) is 0 Å². The minimum Gasteiger partial charge on any atom is -0.444 e. The predicted octanol–water partition coefficient (Wildman–Crippen LogP) is 2.23. The molecule has 0 saturated heterocycles. The van der Waals surface area contributed by atoms with E-state index in [9.17, 15) is 15.2 Å². The summed E-state index contributed by atoms with van der Waals surface area (Å²) in [4.78, 5) is 13.7. The third-order valence-electron chi connectivity index (χ3n) is 3.27. The van der Waals surface area contributed by atoms with Gasteiger partial charge in [-0.3, -0.25) is 4.90 Å². The van der Waals surface area contributed by atoms with Crippen LogP contribution in [0.2, 0.25) is 0 Å². The second-order valence-electron chi connectivity index (χ2n) is 6.43. The zero-order chi connectivity index (χ0) is 15.7. The van der Waals surface area contributed by atoms with E-state index in [0.29, 0.717) is 6.54 Å². The lowest BCUT2D eigenvalue weighted by Gasteiger charge is -2.29. The van der Waals surface area contributed by atoms with Crippen LogP contribution in [0.15, 0.2) is 24.3 Å². The van der Waals surface area contributed by atoms with Crippen molar-refractivity contribution in [1.82, 2.24) is 4.90 Å². The molecule has 1 N–H and O–H groups in total. The van der Waals surface area contributed by atoms with Crippen LogP contribution >= 0.6 is 0 Å². The molecule has 0 saturated carbocycles. The lowest BCUT2D eigenvalue weighted by Crippen LogP contribution is -2.45. The number of β-amino-alcohol motifs (C(OH)–C–C–N with tert-alkyl or cyclic N) is 1. The van der Waals surface area contributed by atoms with E-state index in [1.165, 1.54) is 4.90 Å².